The van der Waals surface area contributed by atoms with Crippen LogP contribution in [0.2, 0.25) is 0 Å². The fourth-order valence-electron chi connectivity index (χ4n) is 3.24. The van der Waals surface area contributed by atoms with Gasteiger partial charge in [-0.25, -0.2) is 0 Å². The second-order valence-corrected chi connectivity index (χ2v) is 8.53. The summed E-state index contributed by atoms with van der Waals surface area (Å²) in [5.74, 6) is 1.07. The molecule has 1 amide bonds. The number of benzene rings is 1. The van der Waals surface area contributed by atoms with Gasteiger partial charge in [0.15, 0.2) is 0 Å². The summed E-state index contributed by atoms with van der Waals surface area (Å²) in [7, 11) is 0. The SMILES string of the molecule is CC(C)(C)Cc1nc(-c2cccc(C(=O)NCCCN3CCNCC3)c2)no1. The van der Waals surface area contributed by atoms with E-state index in [2.05, 4.69) is 46.4 Å². The van der Waals surface area contributed by atoms with Crippen molar-refractivity contribution in [2.24, 2.45) is 5.41 Å². The van der Waals surface area contributed by atoms with E-state index in [0.717, 1.165) is 44.7 Å². The van der Waals surface area contributed by atoms with Gasteiger partial charge < -0.3 is 20.1 Å². The monoisotopic (exact) mass is 385 g/mol. The third kappa shape index (κ3) is 6.14. The highest BCUT2D eigenvalue weighted by atomic mass is 16.5. The van der Waals surface area contributed by atoms with E-state index in [4.69, 9.17) is 4.52 Å². The number of piperazine rings is 1. The number of rotatable bonds is 7. The summed E-state index contributed by atoms with van der Waals surface area (Å²) >= 11 is 0. The van der Waals surface area contributed by atoms with Gasteiger partial charge >= 0.3 is 0 Å². The molecule has 152 valence electrons. The predicted octanol–water partition coefficient (Wildman–Crippen LogP) is 2.35. The number of amides is 1. The van der Waals surface area contributed by atoms with Crippen LogP contribution >= 0.6 is 0 Å². The summed E-state index contributed by atoms with van der Waals surface area (Å²) in [4.78, 5) is 19.4. The zero-order valence-electron chi connectivity index (χ0n) is 17.1. The predicted molar refractivity (Wildman–Crippen MR) is 109 cm³/mol. The van der Waals surface area contributed by atoms with E-state index in [0.29, 0.717) is 30.2 Å². The van der Waals surface area contributed by atoms with Crippen molar-refractivity contribution in [3.05, 3.63) is 35.7 Å². The van der Waals surface area contributed by atoms with Crippen molar-refractivity contribution < 1.29 is 9.32 Å². The number of aromatic nitrogens is 2. The molecule has 1 aromatic heterocycles. The van der Waals surface area contributed by atoms with Crippen LogP contribution in [0.5, 0.6) is 0 Å². The van der Waals surface area contributed by atoms with E-state index in [1.165, 1.54) is 0 Å². The number of nitrogens with one attached hydrogen (secondary N) is 2. The maximum absolute atomic E-state index is 12.5. The fraction of sp³-hybridized carbons (Fsp3) is 0.571. The van der Waals surface area contributed by atoms with Crippen molar-refractivity contribution in [3.8, 4) is 11.4 Å². The minimum Gasteiger partial charge on any atom is -0.352 e. The summed E-state index contributed by atoms with van der Waals surface area (Å²) in [6.45, 7) is 12.3. The summed E-state index contributed by atoms with van der Waals surface area (Å²) in [5, 5.41) is 10.4. The van der Waals surface area contributed by atoms with E-state index in [9.17, 15) is 4.79 Å². The van der Waals surface area contributed by atoms with Crippen LogP contribution in [0.3, 0.4) is 0 Å². The fourth-order valence-corrected chi connectivity index (χ4v) is 3.24. The standard InChI is InChI=1S/C21H31N5O2/c1-21(2,3)15-18-24-19(25-28-18)16-6-4-7-17(14-16)20(27)23-8-5-11-26-12-9-22-10-13-26/h4,6-7,14,22H,5,8-13,15H2,1-3H3,(H,23,27). The molecule has 0 aliphatic carbocycles. The Morgan fingerprint density at radius 3 is 2.82 bits per heavy atom. The highest BCUT2D eigenvalue weighted by Gasteiger charge is 2.18. The summed E-state index contributed by atoms with van der Waals surface area (Å²) in [6, 6.07) is 7.38. The van der Waals surface area contributed by atoms with Gasteiger partial charge in [0, 0.05) is 50.3 Å². The van der Waals surface area contributed by atoms with Gasteiger partial charge in [-0.15, -0.1) is 0 Å². The molecule has 1 aliphatic rings. The smallest absolute Gasteiger partial charge is 0.251 e. The molecule has 0 spiro atoms. The second-order valence-electron chi connectivity index (χ2n) is 8.53. The summed E-state index contributed by atoms with van der Waals surface area (Å²) < 4.78 is 5.36. The average Bonchev–Trinajstić information content (AvgIpc) is 3.13. The Hall–Kier alpha value is -2.25. The quantitative estimate of drug-likeness (QED) is 0.712. The van der Waals surface area contributed by atoms with Gasteiger partial charge in [-0.2, -0.15) is 4.98 Å². The molecule has 0 radical (unpaired) electrons. The Bertz CT molecular complexity index is 775. The molecule has 2 aromatic rings. The van der Waals surface area contributed by atoms with Gasteiger partial charge in [0.1, 0.15) is 0 Å². The molecule has 7 nitrogen and oxygen atoms in total. The first kappa shape index (κ1) is 20.5. The lowest BCUT2D eigenvalue weighted by atomic mass is 9.92. The second kappa shape index (κ2) is 9.30. The number of carbonyl (C=O) groups excluding carboxylic acids is 1. The molecule has 2 N–H and O–H groups in total. The lowest BCUT2D eigenvalue weighted by Crippen LogP contribution is -2.44. The maximum atomic E-state index is 12.5. The van der Waals surface area contributed by atoms with Gasteiger partial charge in [0.05, 0.1) is 0 Å². The van der Waals surface area contributed by atoms with E-state index >= 15 is 0 Å². The molecule has 1 fully saturated rings. The van der Waals surface area contributed by atoms with Crippen LogP contribution in [-0.2, 0) is 6.42 Å². The van der Waals surface area contributed by atoms with Crippen molar-refractivity contribution in [2.45, 2.75) is 33.6 Å². The van der Waals surface area contributed by atoms with Crippen molar-refractivity contribution in [2.75, 3.05) is 39.3 Å². The lowest BCUT2D eigenvalue weighted by molar-refractivity contribution is 0.0951. The third-order valence-electron chi connectivity index (χ3n) is 4.68. The third-order valence-corrected chi connectivity index (χ3v) is 4.68. The van der Waals surface area contributed by atoms with Crippen LogP contribution in [-0.4, -0.2) is 60.2 Å². The summed E-state index contributed by atoms with van der Waals surface area (Å²) in [6.07, 6.45) is 1.67. The zero-order chi connectivity index (χ0) is 20.0. The molecule has 7 heteroatoms. The van der Waals surface area contributed by atoms with Crippen molar-refractivity contribution in [1.82, 2.24) is 25.7 Å². The van der Waals surface area contributed by atoms with Gasteiger partial charge in [-0.05, 0) is 30.5 Å². The molecule has 2 heterocycles. The Morgan fingerprint density at radius 1 is 1.29 bits per heavy atom. The Morgan fingerprint density at radius 2 is 2.07 bits per heavy atom. The Labute approximate surface area is 166 Å². The zero-order valence-corrected chi connectivity index (χ0v) is 17.1. The van der Waals surface area contributed by atoms with Gasteiger partial charge in [-0.3, -0.25) is 4.79 Å². The molecule has 1 aliphatic heterocycles. The largest absolute Gasteiger partial charge is 0.352 e. The molecule has 28 heavy (non-hydrogen) atoms. The Kier molecular flexibility index (Phi) is 6.80. The van der Waals surface area contributed by atoms with Crippen LogP contribution in [0.15, 0.2) is 28.8 Å². The van der Waals surface area contributed by atoms with Crippen LogP contribution in [0, 0.1) is 5.41 Å². The first-order chi connectivity index (χ1) is 13.4. The number of carbonyl (C=O) groups is 1. The number of hydrogen-bond donors (Lipinski definition) is 2. The van der Waals surface area contributed by atoms with Crippen molar-refractivity contribution in [1.29, 1.82) is 0 Å². The minimum absolute atomic E-state index is 0.0689. The normalized spacial score (nSPS) is 15.5. The molecule has 0 bridgehead atoms. The molecule has 1 aromatic carbocycles. The topological polar surface area (TPSA) is 83.3 Å². The van der Waals surface area contributed by atoms with Crippen LogP contribution in [0.1, 0.15) is 43.4 Å². The number of hydrogen-bond acceptors (Lipinski definition) is 6. The van der Waals surface area contributed by atoms with Gasteiger partial charge in [0.25, 0.3) is 5.91 Å². The van der Waals surface area contributed by atoms with Gasteiger partial charge in [0.2, 0.25) is 11.7 Å². The molecule has 0 unspecified atom stereocenters. The van der Waals surface area contributed by atoms with Gasteiger partial charge in [-0.1, -0.05) is 38.1 Å². The molecular formula is C21H31N5O2. The van der Waals surface area contributed by atoms with Crippen LogP contribution in [0.25, 0.3) is 11.4 Å². The first-order valence-electron chi connectivity index (χ1n) is 10.0. The highest BCUT2D eigenvalue weighted by molar-refractivity contribution is 5.95. The van der Waals surface area contributed by atoms with Crippen LogP contribution in [0.4, 0.5) is 0 Å². The van der Waals surface area contributed by atoms with E-state index in [-0.39, 0.29) is 11.3 Å². The first-order valence-corrected chi connectivity index (χ1v) is 10.0. The lowest BCUT2D eigenvalue weighted by Gasteiger charge is -2.27. The molecular weight excluding hydrogens is 354 g/mol. The summed E-state index contributed by atoms with van der Waals surface area (Å²) in [5.41, 5.74) is 1.48. The van der Waals surface area contributed by atoms with E-state index in [1.807, 2.05) is 24.3 Å². The Balaban J connectivity index is 1.53. The average molecular weight is 386 g/mol. The van der Waals surface area contributed by atoms with E-state index < -0.39 is 0 Å². The molecule has 0 saturated carbocycles. The van der Waals surface area contributed by atoms with E-state index in [1.54, 1.807) is 0 Å². The van der Waals surface area contributed by atoms with Crippen molar-refractivity contribution >= 4 is 5.91 Å². The molecule has 1 saturated heterocycles. The minimum atomic E-state index is -0.0689. The van der Waals surface area contributed by atoms with Crippen LogP contribution < -0.4 is 10.6 Å². The molecule has 0 atom stereocenters. The maximum Gasteiger partial charge on any atom is 0.251 e. The molecule has 3 rings (SSSR count). The highest BCUT2D eigenvalue weighted by Crippen LogP contribution is 2.22. The number of nitrogens with zero attached hydrogens (tertiary/aromatic N) is 3. The van der Waals surface area contributed by atoms with Crippen molar-refractivity contribution in [3.63, 3.8) is 0 Å².